The molecule has 26 heavy (non-hydrogen) atoms. The zero-order valence-electron chi connectivity index (χ0n) is 13.6. The number of hydrogen-bond acceptors (Lipinski definition) is 7. The Labute approximate surface area is 152 Å². The first-order chi connectivity index (χ1) is 12.5. The molecule has 2 N–H and O–H groups in total. The van der Waals surface area contributed by atoms with Gasteiger partial charge in [0.2, 0.25) is 0 Å². The van der Waals surface area contributed by atoms with Crippen LogP contribution in [0.25, 0.3) is 11.2 Å². The Bertz CT molecular complexity index is 945. The van der Waals surface area contributed by atoms with E-state index in [4.69, 9.17) is 21.1 Å². The Balaban J connectivity index is 1.53. The molecular weight excluding hydrogens is 362 g/mol. The Morgan fingerprint density at radius 1 is 1.31 bits per heavy atom. The average molecular weight is 376 g/mol. The summed E-state index contributed by atoms with van der Waals surface area (Å²) in [6.45, 7) is 1.09. The van der Waals surface area contributed by atoms with Gasteiger partial charge in [-0.25, -0.2) is 19.7 Å². The Morgan fingerprint density at radius 3 is 2.96 bits per heavy atom. The lowest BCUT2D eigenvalue weighted by Gasteiger charge is -2.13. The minimum atomic E-state index is -1.04. The van der Waals surface area contributed by atoms with Gasteiger partial charge < -0.3 is 19.8 Å². The number of anilines is 1. The molecule has 0 spiro atoms. The maximum Gasteiger partial charge on any atom is 0.344 e. The standard InChI is InChI=1S/C16H14ClN5O4/c1-9(26-12(23)6-25-11-4-2-3-10(17)5-11)16(24)22-15-13-14(19-7-18-13)20-8-21-15/h2-5,7-9H,6H2,1H3,(H2,18,19,20,21,22,24). The van der Waals surface area contributed by atoms with Gasteiger partial charge in [-0.3, -0.25) is 4.79 Å². The number of carbonyl (C=O) groups is 2. The van der Waals surface area contributed by atoms with Gasteiger partial charge in [0.1, 0.15) is 17.6 Å². The molecule has 1 aromatic carbocycles. The van der Waals surface area contributed by atoms with Crippen LogP contribution in [-0.2, 0) is 14.3 Å². The number of hydrogen-bond donors (Lipinski definition) is 2. The fraction of sp³-hybridized carbons (Fsp3) is 0.188. The van der Waals surface area contributed by atoms with Gasteiger partial charge in [-0.05, 0) is 25.1 Å². The van der Waals surface area contributed by atoms with Gasteiger partial charge in [0.25, 0.3) is 5.91 Å². The Kier molecular flexibility index (Phi) is 5.28. The van der Waals surface area contributed by atoms with Crippen LogP contribution < -0.4 is 10.1 Å². The van der Waals surface area contributed by atoms with Crippen LogP contribution in [0.5, 0.6) is 5.75 Å². The molecule has 0 bridgehead atoms. The number of H-pyrrole nitrogens is 1. The Morgan fingerprint density at radius 2 is 2.15 bits per heavy atom. The molecule has 0 aliphatic rings. The van der Waals surface area contributed by atoms with Crippen LogP contribution in [0.15, 0.2) is 36.9 Å². The highest BCUT2D eigenvalue weighted by atomic mass is 35.5. The molecular formula is C16H14ClN5O4. The largest absolute Gasteiger partial charge is 0.482 e. The summed E-state index contributed by atoms with van der Waals surface area (Å²) in [5, 5.41) is 3.05. The van der Waals surface area contributed by atoms with Crippen LogP contribution in [0.4, 0.5) is 5.82 Å². The second kappa shape index (κ2) is 7.79. The van der Waals surface area contributed by atoms with Crippen molar-refractivity contribution in [1.29, 1.82) is 0 Å². The minimum absolute atomic E-state index is 0.246. The van der Waals surface area contributed by atoms with E-state index in [0.29, 0.717) is 21.9 Å². The lowest BCUT2D eigenvalue weighted by molar-refractivity contribution is -0.155. The topological polar surface area (TPSA) is 119 Å². The van der Waals surface area contributed by atoms with Crippen molar-refractivity contribution in [3.63, 3.8) is 0 Å². The molecule has 0 radical (unpaired) electrons. The molecule has 0 saturated carbocycles. The number of halogens is 1. The quantitative estimate of drug-likeness (QED) is 0.632. The van der Waals surface area contributed by atoms with Crippen LogP contribution in [0.1, 0.15) is 6.92 Å². The maximum absolute atomic E-state index is 12.2. The highest BCUT2D eigenvalue weighted by molar-refractivity contribution is 6.30. The first kappa shape index (κ1) is 17.6. The number of esters is 1. The second-order valence-corrected chi connectivity index (χ2v) is 5.63. The van der Waals surface area contributed by atoms with Gasteiger partial charge >= 0.3 is 5.97 Å². The normalized spacial score (nSPS) is 11.8. The number of benzene rings is 1. The van der Waals surface area contributed by atoms with Crippen molar-refractivity contribution >= 4 is 40.5 Å². The average Bonchev–Trinajstić information content (AvgIpc) is 3.10. The van der Waals surface area contributed by atoms with E-state index in [-0.39, 0.29) is 12.4 Å². The van der Waals surface area contributed by atoms with E-state index >= 15 is 0 Å². The molecule has 134 valence electrons. The zero-order valence-corrected chi connectivity index (χ0v) is 14.4. The number of nitrogens with one attached hydrogen (secondary N) is 2. The molecule has 0 aliphatic heterocycles. The molecule has 0 fully saturated rings. The third-order valence-electron chi connectivity index (χ3n) is 3.29. The smallest absolute Gasteiger partial charge is 0.344 e. The number of carbonyl (C=O) groups excluding carboxylic acids is 2. The molecule has 2 aromatic heterocycles. The molecule has 1 unspecified atom stereocenters. The minimum Gasteiger partial charge on any atom is -0.482 e. The summed E-state index contributed by atoms with van der Waals surface area (Å²) < 4.78 is 10.3. The molecule has 2 heterocycles. The third-order valence-corrected chi connectivity index (χ3v) is 3.53. The van der Waals surface area contributed by atoms with E-state index in [1.54, 1.807) is 24.3 Å². The van der Waals surface area contributed by atoms with Crippen molar-refractivity contribution in [2.75, 3.05) is 11.9 Å². The van der Waals surface area contributed by atoms with Crippen molar-refractivity contribution in [1.82, 2.24) is 19.9 Å². The van der Waals surface area contributed by atoms with Gasteiger partial charge in [-0.15, -0.1) is 0 Å². The third kappa shape index (κ3) is 4.25. The van der Waals surface area contributed by atoms with Crippen LogP contribution in [-0.4, -0.2) is 44.5 Å². The van der Waals surface area contributed by atoms with Crippen molar-refractivity contribution in [3.05, 3.63) is 41.9 Å². The second-order valence-electron chi connectivity index (χ2n) is 5.19. The van der Waals surface area contributed by atoms with E-state index in [0.717, 1.165) is 0 Å². The lowest BCUT2D eigenvalue weighted by atomic mass is 10.3. The summed E-state index contributed by atoms with van der Waals surface area (Å²) in [5.41, 5.74) is 0.888. The van der Waals surface area contributed by atoms with Crippen LogP contribution in [0.3, 0.4) is 0 Å². The monoisotopic (exact) mass is 375 g/mol. The SMILES string of the molecule is CC(OC(=O)COc1cccc(Cl)c1)C(=O)Nc1ncnc2nc[nH]c12. The molecule has 3 rings (SSSR count). The highest BCUT2D eigenvalue weighted by Gasteiger charge is 2.20. The molecule has 0 aliphatic carbocycles. The molecule has 10 heteroatoms. The van der Waals surface area contributed by atoms with Crippen LogP contribution >= 0.6 is 11.6 Å². The van der Waals surface area contributed by atoms with Crippen molar-refractivity contribution in [2.45, 2.75) is 13.0 Å². The van der Waals surface area contributed by atoms with E-state index in [9.17, 15) is 9.59 Å². The summed E-state index contributed by atoms with van der Waals surface area (Å²) in [6.07, 6.45) is 1.67. The maximum atomic E-state index is 12.2. The summed E-state index contributed by atoms with van der Waals surface area (Å²) >= 11 is 5.83. The van der Waals surface area contributed by atoms with Gasteiger partial charge in [0, 0.05) is 5.02 Å². The van der Waals surface area contributed by atoms with Crippen molar-refractivity contribution in [3.8, 4) is 5.75 Å². The number of aromatic amines is 1. The number of aromatic nitrogens is 4. The summed E-state index contributed by atoms with van der Waals surface area (Å²) in [6, 6.07) is 6.59. The van der Waals surface area contributed by atoms with Crippen molar-refractivity contribution in [2.24, 2.45) is 0 Å². The number of imidazole rings is 1. The lowest BCUT2D eigenvalue weighted by Crippen LogP contribution is -2.32. The number of nitrogens with zero attached hydrogens (tertiary/aromatic N) is 3. The summed E-state index contributed by atoms with van der Waals surface area (Å²) in [7, 11) is 0. The Hall–Kier alpha value is -3.20. The zero-order chi connectivity index (χ0) is 18.5. The van der Waals surface area contributed by atoms with Crippen LogP contribution in [0.2, 0.25) is 5.02 Å². The first-order valence-corrected chi connectivity index (χ1v) is 7.93. The number of fused-ring (bicyclic) bond motifs is 1. The van der Waals surface area contributed by atoms with Crippen molar-refractivity contribution < 1.29 is 19.1 Å². The predicted octanol–water partition coefficient (Wildman–Crippen LogP) is 1.96. The van der Waals surface area contributed by atoms with E-state index < -0.39 is 18.0 Å². The fourth-order valence-corrected chi connectivity index (χ4v) is 2.24. The van der Waals surface area contributed by atoms with Gasteiger partial charge in [0.15, 0.2) is 24.2 Å². The number of ether oxygens (including phenoxy) is 2. The van der Waals surface area contributed by atoms with E-state index in [1.807, 2.05) is 0 Å². The molecule has 1 atom stereocenters. The summed E-state index contributed by atoms with van der Waals surface area (Å²) in [4.78, 5) is 38.7. The molecule has 0 saturated heterocycles. The van der Waals surface area contributed by atoms with E-state index in [2.05, 4.69) is 25.3 Å². The predicted molar refractivity (Wildman–Crippen MR) is 92.8 cm³/mol. The van der Waals surface area contributed by atoms with Crippen LogP contribution in [0, 0.1) is 0 Å². The van der Waals surface area contributed by atoms with Gasteiger partial charge in [-0.1, -0.05) is 17.7 Å². The number of rotatable bonds is 6. The van der Waals surface area contributed by atoms with Gasteiger partial charge in [0.05, 0.1) is 6.33 Å². The molecule has 1 amide bonds. The highest BCUT2D eigenvalue weighted by Crippen LogP contribution is 2.17. The number of amides is 1. The van der Waals surface area contributed by atoms with E-state index in [1.165, 1.54) is 19.6 Å². The van der Waals surface area contributed by atoms with Gasteiger partial charge in [-0.2, -0.15) is 0 Å². The molecule has 9 nitrogen and oxygen atoms in total. The first-order valence-electron chi connectivity index (χ1n) is 7.55. The fourth-order valence-electron chi connectivity index (χ4n) is 2.06. The molecule has 3 aromatic rings. The summed E-state index contributed by atoms with van der Waals surface area (Å²) in [5.74, 6) is -0.567.